The van der Waals surface area contributed by atoms with E-state index in [1.54, 1.807) is 0 Å². The average molecular weight is 140 g/mol. The highest BCUT2D eigenvalue weighted by molar-refractivity contribution is 7.93. The third kappa shape index (κ3) is 5.98. The van der Waals surface area contributed by atoms with Crippen LogP contribution in [0.3, 0.4) is 0 Å². The predicted molar refractivity (Wildman–Crippen MR) is 28.5 cm³/mol. The summed E-state index contributed by atoms with van der Waals surface area (Å²) >= 11 is 4.80. The van der Waals surface area contributed by atoms with Gasteiger partial charge in [-0.15, -0.1) is 0 Å². The first kappa shape index (κ1) is 6.98. The zero-order chi connectivity index (χ0) is 5.91. The second-order valence-electron chi connectivity index (χ2n) is 1.06. The lowest BCUT2D eigenvalue weighted by Gasteiger charge is -1.75. The molecule has 4 heteroatoms. The Labute approximate surface area is 47.7 Å². The van der Waals surface area contributed by atoms with E-state index >= 15 is 0 Å². The van der Waals surface area contributed by atoms with Crippen molar-refractivity contribution in [3.05, 3.63) is 10.9 Å². The highest BCUT2D eigenvalue weighted by Crippen LogP contribution is 1.84. The minimum Gasteiger partial charge on any atom is -0.225 e. The van der Waals surface area contributed by atoms with Gasteiger partial charge in [0.2, 0.25) is 0 Å². The van der Waals surface area contributed by atoms with E-state index in [4.69, 9.17) is 11.6 Å². The van der Waals surface area contributed by atoms with E-state index in [0.29, 0.717) is 0 Å². The fourth-order valence-corrected chi connectivity index (χ4v) is 0.728. The summed E-state index contributed by atoms with van der Waals surface area (Å²) in [7, 11) is -3.04. The van der Waals surface area contributed by atoms with Crippen LogP contribution in [0.4, 0.5) is 0 Å². The molecule has 1 radical (unpaired) electrons. The molecule has 0 aromatic carbocycles. The summed E-state index contributed by atoms with van der Waals surface area (Å²) in [4.78, 5) is 0. The van der Waals surface area contributed by atoms with E-state index in [1.807, 2.05) is 5.54 Å². The molecule has 0 heterocycles. The quantitative estimate of drug-likeness (QED) is 0.532. The standard InChI is InChI=1S/C3H4ClO2S/c1-7(5,6)3-2-4/h3H,1H3. The van der Waals surface area contributed by atoms with E-state index in [9.17, 15) is 8.42 Å². The summed E-state index contributed by atoms with van der Waals surface area (Å²) in [6.07, 6.45) is 1.04. The van der Waals surface area contributed by atoms with Crippen molar-refractivity contribution in [2.24, 2.45) is 0 Å². The minimum atomic E-state index is -3.04. The van der Waals surface area contributed by atoms with Gasteiger partial charge in [-0.05, 0) is 0 Å². The maximum Gasteiger partial charge on any atom is 0.170 e. The lowest BCUT2D eigenvalue weighted by Crippen LogP contribution is -1.86. The van der Waals surface area contributed by atoms with Gasteiger partial charge in [0.05, 0.1) is 10.9 Å². The Morgan fingerprint density at radius 2 is 2.14 bits per heavy atom. The Hall–Kier alpha value is -0.0200. The van der Waals surface area contributed by atoms with Gasteiger partial charge in [0, 0.05) is 6.26 Å². The first-order valence-electron chi connectivity index (χ1n) is 1.45. The Kier molecular flexibility index (Phi) is 2.32. The zero-order valence-electron chi connectivity index (χ0n) is 3.68. The highest BCUT2D eigenvalue weighted by atomic mass is 35.5. The lowest BCUT2D eigenvalue weighted by molar-refractivity contribution is 0.610. The van der Waals surface area contributed by atoms with Crippen LogP contribution >= 0.6 is 11.6 Å². The molecular formula is C3H4ClO2S. The molecule has 0 saturated carbocycles. The van der Waals surface area contributed by atoms with Gasteiger partial charge in [-0.2, -0.15) is 0 Å². The monoisotopic (exact) mass is 139 g/mol. The first-order valence-corrected chi connectivity index (χ1v) is 3.79. The molecule has 2 nitrogen and oxygen atoms in total. The maximum atomic E-state index is 10.0. The molecule has 0 saturated heterocycles. The number of sulfone groups is 1. The topological polar surface area (TPSA) is 34.1 Å². The van der Waals surface area contributed by atoms with Crippen LogP contribution in [0, 0.1) is 5.54 Å². The van der Waals surface area contributed by atoms with Gasteiger partial charge in [0.15, 0.2) is 9.84 Å². The van der Waals surface area contributed by atoms with Crippen LogP contribution in [-0.4, -0.2) is 14.7 Å². The average Bonchev–Trinajstić information content (AvgIpc) is 1.30. The third-order valence-electron chi connectivity index (χ3n) is 0.259. The first-order chi connectivity index (χ1) is 3.06. The second kappa shape index (κ2) is 2.33. The largest absolute Gasteiger partial charge is 0.225 e. The molecule has 0 N–H and O–H groups in total. The molecule has 0 fully saturated rings. The molecule has 41 valence electrons. The van der Waals surface area contributed by atoms with Crippen LogP contribution in [0.25, 0.3) is 0 Å². The summed E-state index contributed by atoms with van der Waals surface area (Å²) in [5.74, 6) is 0. The van der Waals surface area contributed by atoms with Crippen molar-refractivity contribution < 1.29 is 8.42 Å². The summed E-state index contributed by atoms with van der Waals surface area (Å²) in [5, 5.41) is 0.800. The summed E-state index contributed by atoms with van der Waals surface area (Å²) in [6.45, 7) is 0. The van der Waals surface area contributed by atoms with Gasteiger partial charge >= 0.3 is 0 Å². The normalized spacial score (nSPS) is 12.9. The smallest absolute Gasteiger partial charge is 0.170 e. The molecule has 0 aliphatic carbocycles. The molecule has 0 rings (SSSR count). The lowest BCUT2D eigenvalue weighted by atomic mass is 11.3. The molecule has 0 aromatic rings. The molecule has 7 heavy (non-hydrogen) atoms. The third-order valence-corrected chi connectivity index (χ3v) is 1.04. The highest BCUT2D eigenvalue weighted by Gasteiger charge is 1.88. The van der Waals surface area contributed by atoms with Crippen LogP contribution in [0.5, 0.6) is 0 Å². The van der Waals surface area contributed by atoms with Gasteiger partial charge in [0.1, 0.15) is 0 Å². The van der Waals surface area contributed by atoms with Crippen LogP contribution in [0.1, 0.15) is 0 Å². The zero-order valence-corrected chi connectivity index (χ0v) is 5.25. The Bertz CT molecular complexity index is 156. The molecule has 0 bridgehead atoms. The van der Waals surface area contributed by atoms with E-state index < -0.39 is 9.84 Å². The van der Waals surface area contributed by atoms with Crippen molar-refractivity contribution in [1.82, 2.24) is 0 Å². The SMILES string of the molecule is CS(=O)(=O)/C=[C]/Cl. The van der Waals surface area contributed by atoms with Crippen molar-refractivity contribution in [2.75, 3.05) is 6.26 Å². The van der Waals surface area contributed by atoms with Gasteiger partial charge in [-0.3, -0.25) is 0 Å². The summed E-state index contributed by atoms with van der Waals surface area (Å²) in [6, 6.07) is 0. The number of halogens is 1. The Balaban J connectivity index is 4.13. The molecule has 0 spiro atoms. The Morgan fingerprint density at radius 3 is 2.14 bits per heavy atom. The van der Waals surface area contributed by atoms with E-state index in [-0.39, 0.29) is 0 Å². The van der Waals surface area contributed by atoms with Gasteiger partial charge in [-0.1, -0.05) is 11.6 Å². The van der Waals surface area contributed by atoms with Crippen molar-refractivity contribution in [3.8, 4) is 0 Å². The molecule has 0 amide bonds. The van der Waals surface area contributed by atoms with E-state index in [1.165, 1.54) is 0 Å². The fraction of sp³-hybridized carbons (Fsp3) is 0.333. The fourth-order valence-electron chi connectivity index (χ4n) is 0.0809. The van der Waals surface area contributed by atoms with E-state index in [0.717, 1.165) is 11.7 Å². The van der Waals surface area contributed by atoms with Crippen LogP contribution in [0.15, 0.2) is 5.41 Å². The minimum absolute atomic E-state index is 0.800. The number of hydrogen-bond acceptors (Lipinski definition) is 2. The van der Waals surface area contributed by atoms with Crippen molar-refractivity contribution >= 4 is 21.4 Å². The van der Waals surface area contributed by atoms with E-state index in [2.05, 4.69) is 0 Å². The predicted octanol–water partition coefficient (Wildman–Crippen LogP) is 0.544. The maximum absolute atomic E-state index is 10.0. The molecule has 0 atom stereocenters. The number of rotatable bonds is 1. The number of hydrogen-bond donors (Lipinski definition) is 0. The second-order valence-corrected chi connectivity index (χ2v) is 3.17. The molecule has 0 aliphatic rings. The van der Waals surface area contributed by atoms with Crippen LogP contribution in [0.2, 0.25) is 0 Å². The molecule has 0 aromatic heterocycles. The van der Waals surface area contributed by atoms with Crippen LogP contribution < -0.4 is 0 Å². The van der Waals surface area contributed by atoms with Gasteiger partial charge in [0.25, 0.3) is 0 Å². The Morgan fingerprint density at radius 1 is 1.71 bits per heavy atom. The molecular weight excluding hydrogens is 136 g/mol. The van der Waals surface area contributed by atoms with Crippen molar-refractivity contribution in [2.45, 2.75) is 0 Å². The van der Waals surface area contributed by atoms with Crippen LogP contribution in [-0.2, 0) is 9.84 Å². The van der Waals surface area contributed by atoms with Crippen molar-refractivity contribution in [3.63, 3.8) is 0 Å². The summed E-state index contributed by atoms with van der Waals surface area (Å²) < 4.78 is 20.1. The van der Waals surface area contributed by atoms with Gasteiger partial charge in [-0.25, -0.2) is 8.42 Å². The molecule has 0 aliphatic heterocycles. The molecule has 0 unspecified atom stereocenters. The van der Waals surface area contributed by atoms with Gasteiger partial charge < -0.3 is 0 Å². The van der Waals surface area contributed by atoms with Crippen molar-refractivity contribution in [1.29, 1.82) is 0 Å². The summed E-state index contributed by atoms with van der Waals surface area (Å²) in [5.41, 5.74) is 1.87.